The number of carboxylic acid groups (broad SMARTS) is 2. The first-order valence-corrected chi connectivity index (χ1v) is 11.1. The molecular formula is C18H23Cl2N3O6S. The van der Waals surface area contributed by atoms with E-state index in [1.54, 1.807) is 18.2 Å². The smallest absolute Gasteiger partial charge is 0.414 e. The quantitative estimate of drug-likeness (QED) is 0.282. The topological polar surface area (TPSA) is 149 Å². The van der Waals surface area contributed by atoms with Gasteiger partial charge in [0, 0.05) is 15.6 Å². The molecule has 0 aliphatic carbocycles. The molecule has 0 aliphatic heterocycles. The molecule has 166 valence electrons. The normalized spacial score (nSPS) is 13.6. The van der Waals surface area contributed by atoms with Crippen LogP contribution in [0.3, 0.4) is 0 Å². The lowest BCUT2D eigenvalue weighted by atomic mass is 9.95. The number of aromatic nitrogens is 3. The molecule has 0 spiro atoms. The van der Waals surface area contributed by atoms with E-state index < -0.39 is 28.7 Å². The molecule has 0 radical (unpaired) electrons. The number of benzene rings is 1. The summed E-state index contributed by atoms with van der Waals surface area (Å²) < 4.78 is 14.0. The molecule has 0 fully saturated rings. The lowest BCUT2D eigenvalue weighted by Crippen LogP contribution is -2.40. The van der Waals surface area contributed by atoms with Gasteiger partial charge in [-0.3, -0.25) is 0 Å². The molecule has 30 heavy (non-hydrogen) atoms. The minimum absolute atomic E-state index is 0.0813. The zero-order valence-electron chi connectivity index (χ0n) is 16.2. The maximum absolute atomic E-state index is 12.5. The van der Waals surface area contributed by atoms with Crippen molar-refractivity contribution in [1.82, 2.24) is 14.8 Å². The highest BCUT2D eigenvalue weighted by Crippen LogP contribution is 2.33. The van der Waals surface area contributed by atoms with Crippen LogP contribution in [0.2, 0.25) is 10.0 Å². The van der Waals surface area contributed by atoms with E-state index in [1.807, 2.05) is 0 Å². The van der Waals surface area contributed by atoms with E-state index in [0.717, 1.165) is 19.3 Å². The molecule has 1 aromatic heterocycles. The highest BCUT2D eigenvalue weighted by molar-refractivity contribution is 7.91. The Kier molecular flexibility index (Phi) is 11.1. The van der Waals surface area contributed by atoms with Crippen molar-refractivity contribution in [2.75, 3.05) is 11.5 Å². The third kappa shape index (κ3) is 8.88. The second kappa shape index (κ2) is 12.8. The highest BCUT2D eigenvalue weighted by Gasteiger charge is 2.37. The van der Waals surface area contributed by atoms with E-state index in [1.165, 1.54) is 17.3 Å². The first-order chi connectivity index (χ1) is 14.1. The van der Waals surface area contributed by atoms with Gasteiger partial charge in [-0.1, -0.05) is 53.8 Å². The molecule has 0 aliphatic rings. The van der Waals surface area contributed by atoms with Gasteiger partial charge in [0.05, 0.1) is 6.54 Å². The van der Waals surface area contributed by atoms with Gasteiger partial charge < -0.3 is 19.9 Å². The van der Waals surface area contributed by atoms with E-state index in [0.29, 0.717) is 21.4 Å². The van der Waals surface area contributed by atoms with Crippen molar-refractivity contribution < 1.29 is 29.5 Å². The van der Waals surface area contributed by atoms with Gasteiger partial charge in [-0.2, -0.15) is 5.10 Å². The van der Waals surface area contributed by atoms with Crippen LogP contribution in [0.25, 0.3) is 0 Å². The number of carbonyl (C=O) groups is 2. The monoisotopic (exact) mass is 479 g/mol. The molecule has 2 rings (SSSR count). The van der Waals surface area contributed by atoms with Gasteiger partial charge in [0.25, 0.3) is 0 Å². The van der Waals surface area contributed by atoms with E-state index in [2.05, 4.69) is 17.0 Å². The second-order valence-electron chi connectivity index (χ2n) is 6.35. The van der Waals surface area contributed by atoms with Crippen LogP contribution in [0.5, 0.6) is 0 Å². The molecule has 1 heterocycles. The van der Waals surface area contributed by atoms with Crippen LogP contribution in [0.1, 0.15) is 31.7 Å². The summed E-state index contributed by atoms with van der Waals surface area (Å²) in [6.07, 6.45) is 5.85. The fourth-order valence-corrected chi connectivity index (χ4v) is 4.54. The summed E-state index contributed by atoms with van der Waals surface area (Å²) in [7, 11) is 0. The Bertz CT molecular complexity index is 812. The van der Waals surface area contributed by atoms with E-state index in [4.69, 9.17) is 43.0 Å². The van der Waals surface area contributed by atoms with Crippen molar-refractivity contribution in [3.63, 3.8) is 0 Å². The van der Waals surface area contributed by atoms with Crippen LogP contribution in [0.4, 0.5) is 0 Å². The fraction of sp³-hybridized carbons (Fsp3) is 0.444. The predicted molar refractivity (Wildman–Crippen MR) is 113 cm³/mol. The number of rotatable bonds is 9. The summed E-state index contributed by atoms with van der Waals surface area (Å²) in [5, 5.41) is 30.9. The number of halogens is 2. The first-order valence-electron chi connectivity index (χ1n) is 8.90. The summed E-state index contributed by atoms with van der Waals surface area (Å²) in [5.74, 6) is -3.01. The SMILES string of the molecule is CCCCC[S+]([O-])CC(O)(Cn1cncn1)c1ccc(Cl)cc1Cl.O=C(O)C(=O)O. The average Bonchev–Trinajstić information content (AvgIpc) is 3.14. The average molecular weight is 480 g/mol. The molecule has 2 atom stereocenters. The molecular weight excluding hydrogens is 457 g/mol. The summed E-state index contributed by atoms with van der Waals surface area (Å²) in [6, 6.07) is 4.91. The van der Waals surface area contributed by atoms with Crippen molar-refractivity contribution in [3.8, 4) is 0 Å². The van der Waals surface area contributed by atoms with Gasteiger partial charge in [0.1, 0.15) is 24.2 Å². The Morgan fingerprint density at radius 1 is 1.23 bits per heavy atom. The summed E-state index contributed by atoms with van der Waals surface area (Å²) in [6.45, 7) is 2.21. The van der Waals surface area contributed by atoms with Crippen LogP contribution >= 0.6 is 23.2 Å². The third-order valence-electron chi connectivity index (χ3n) is 3.88. The lowest BCUT2D eigenvalue weighted by Gasteiger charge is -2.30. The molecule has 12 heteroatoms. The van der Waals surface area contributed by atoms with Crippen molar-refractivity contribution in [3.05, 3.63) is 46.5 Å². The van der Waals surface area contributed by atoms with Gasteiger partial charge >= 0.3 is 11.9 Å². The van der Waals surface area contributed by atoms with Crippen molar-refractivity contribution in [2.24, 2.45) is 0 Å². The maximum Gasteiger partial charge on any atom is 0.414 e. The lowest BCUT2D eigenvalue weighted by molar-refractivity contribution is -0.159. The van der Waals surface area contributed by atoms with Crippen molar-refractivity contribution >= 4 is 46.3 Å². The fourth-order valence-electron chi connectivity index (χ4n) is 2.51. The molecule has 3 N–H and O–H groups in total. The Labute approximate surface area is 186 Å². The summed E-state index contributed by atoms with van der Waals surface area (Å²) in [4.78, 5) is 22.1. The second-order valence-corrected chi connectivity index (χ2v) is 8.77. The van der Waals surface area contributed by atoms with Crippen molar-refractivity contribution in [1.29, 1.82) is 0 Å². The molecule has 0 amide bonds. The standard InChI is InChI=1S/C16H21Cl2N3O2S.C2H2O4/c1-2-3-4-7-24(23)10-16(22,9-21-12-19-11-20-21)14-6-5-13(17)8-15(14)18;3-1(4)2(5)6/h5-6,8,11-12,22H,2-4,7,9-10H2,1H3;(H,3,4)(H,5,6). The number of aliphatic carboxylic acids is 2. The highest BCUT2D eigenvalue weighted by atomic mass is 35.5. The van der Waals surface area contributed by atoms with Gasteiger partial charge in [-0.15, -0.1) is 0 Å². The molecule has 2 aromatic rings. The molecule has 9 nitrogen and oxygen atoms in total. The number of carboxylic acids is 2. The zero-order valence-corrected chi connectivity index (χ0v) is 18.5. The van der Waals surface area contributed by atoms with E-state index in [-0.39, 0.29) is 12.3 Å². The molecule has 0 bridgehead atoms. The Morgan fingerprint density at radius 2 is 1.90 bits per heavy atom. The molecule has 0 saturated carbocycles. The number of aliphatic hydroxyl groups is 1. The Morgan fingerprint density at radius 3 is 2.40 bits per heavy atom. The van der Waals surface area contributed by atoms with Crippen LogP contribution in [-0.4, -0.2) is 58.1 Å². The van der Waals surface area contributed by atoms with Gasteiger partial charge in [0.15, 0.2) is 5.60 Å². The van der Waals surface area contributed by atoms with Crippen LogP contribution in [-0.2, 0) is 32.9 Å². The third-order valence-corrected chi connectivity index (χ3v) is 5.97. The van der Waals surface area contributed by atoms with E-state index >= 15 is 0 Å². The van der Waals surface area contributed by atoms with Gasteiger partial charge in [-0.05, 0) is 25.0 Å². The number of nitrogens with zero attached hydrogens (tertiary/aromatic N) is 3. The first kappa shape index (κ1) is 26.2. The van der Waals surface area contributed by atoms with Crippen molar-refractivity contribution in [2.45, 2.75) is 38.3 Å². The van der Waals surface area contributed by atoms with Crippen LogP contribution in [0.15, 0.2) is 30.9 Å². The minimum Gasteiger partial charge on any atom is -0.616 e. The number of hydrogen-bond acceptors (Lipinski definition) is 6. The molecule has 0 saturated heterocycles. The van der Waals surface area contributed by atoms with Crippen LogP contribution < -0.4 is 0 Å². The maximum atomic E-state index is 12.5. The zero-order chi connectivity index (χ0) is 22.7. The predicted octanol–water partition coefficient (Wildman–Crippen LogP) is 2.57. The van der Waals surface area contributed by atoms with Crippen LogP contribution in [0, 0.1) is 0 Å². The Hall–Kier alpha value is -1.85. The summed E-state index contributed by atoms with van der Waals surface area (Å²) >= 11 is 11.1. The van der Waals surface area contributed by atoms with Gasteiger partial charge in [-0.25, -0.2) is 19.3 Å². The summed E-state index contributed by atoms with van der Waals surface area (Å²) in [5.41, 5.74) is -0.917. The number of hydrogen-bond donors (Lipinski definition) is 3. The number of unbranched alkanes of at least 4 members (excludes halogenated alkanes) is 2. The van der Waals surface area contributed by atoms with E-state index in [9.17, 15) is 9.66 Å². The van der Waals surface area contributed by atoms with Gasteiger partial charge in [0.2, 0.25) is 0 Å². The minimum atomic E-state index is -1.82. The Balaban J connectivity index is 0.000000656. The molecule has 2 unspecified atom stereocenters. The molecule has 1 aromatic carbocycles. The largest absolute Gasteiger partial charge is 0.616 e.